The van der Waals surface area contributed by atoms with Crippen LogP contribution in [0.25, 0.3) is 0 Å². The molecule has 0 saturated carbocycles. The second-order valence-corrected chi connectivity index (χ2v) is 3.69. The number of unbranched alkanes of at least 4 members (excludes halogenated alkanes) is 3. The average molecular weight is 294 g/mol. The minimum Gasteiger partial charge on any atom is -1.00 e. The third-order valence-electron chi connectivity index (χ3n) is 2.32. The maximum absolute atomic E-state index is 4.10. The van der Waals surface area contributed by atoms with Crippen molar-refractivity contribution in [1.82, 2.24) is 0 Å². The van der Waals surface area contributed by atoms with Crippen LogP contribution in [0.1, 0.15) is 32.6 Å². The zero-order valence-corrected chi connectivity index (χ0v) is 10.7. The fourth-order valence-corrected chi connectivity index (χ4v) is 1.43. The molecule has 0 fully saturated rings. The zero-order valence-electron chi connectivity index (χ0n) is 8.54. The van der Waals surface area contributed by atoms with Crippen LogP contribution in [0.2, 0.25) is 0 Å². The van der Waals surface area contributed by atoms with Gasteiger partial charge >= 0.3 is 0 Å². The fraction of sp³-hybridized carbons (Fsp3) is 0.700. The molecular formula is C10H19IN2. The van der Waals surface area contributed by atoms with E-state index in [1.165, 1.54) is 32.2 Å². The van der Waals surface area contributed by atoms with E-state index in [9.17, 15) is 0 Å². The molecule has 2 nitrogen and oxygen atoms in total. The summed E-state index contributed by atoms with van der Waals surface area (Å²) in [6.45, 7) is 3.44. The molecule has 1 aliphatic heterocycles. The number of hydrogen-bond acceptors (Lipinski definition) is 1. The lowest BCUT2D eigenvalue weighted by Gasteiger charge is -2.21. The van der Waals surface area contributed by atoms with Gasteiger partial charge in [-0.1, -0.05) is 19.8 Å². The van der Waals surface area contributed by atoms with Crippen molar-refractivity contribution >= 4 is 6.34 Å². The SMILES string of the molecule is CCCCCC[N+]1(C)C=CN=C1.[I-]. The summed E-state index contributed by atoms with van der Waals surface area (Å²) in [5.74, 6) is 0. The Morgan fingerprint density at radius 1 is 1.23 bits per heavy atom. The number of nitrogens with zero attached hydrogens (tertiary/aromatic N) is 2. The van der Waals surface area contributed by atoms with E-state index in [1.807, 2.05) is 12.5 Å². The molecule has 1 heterocycles. The van der Waals surface area contributed by atoms with Crippen LogP contribution >= 0.6 is 0 Å². The van der Waals surface area contributed by atoms with Crippen molar-refractivity contribution in [3.05, 3.63) is 12.4 Å². The third-order valence-corrected chi connectivity index (χ3v) is 2.32. The Hall–Kier alpha value is 0.100. The lowest BCUT2D eigenvalue weighted by Crippen LogP contribution is -3.00. The Labute approximate surface area is 98.3 Å². The minimum absolute atomic E-state index is 0. The Bertz CT molecular complexity index is 175. The highest BCUT2D eigenvalue weighted by atomic mass is 127. The van der Waals surface area contributed by atoms with Gasteiger partial charge in [-0.05, 0) is 12.8 Å². The van der Waals surface area contributed by atoms with Gasteiger partial charge in [0.15, 0.2) is 6.34 Å². The van der Waals surface area contributed by atoms with Crippen LogP contribution in [0, 0.1) is 0 Å². The smallest absolute Gasteiger partial charge is 0.194 e. The summed E-state index contributed by atoms with van der Waals surface area (Å²) in [6, 6.07) is 0. The lowest BCUT2D eigenvalue weighted by molar-refractivity contribution is -0.756. The van der Waals surface area contributed by atoms with Gasteiger partial charge in [-0.3, -0.25) is 4.48 Å². The van der Waals surface area contributed by atoms with Crippen LogP contribution in [0.4, 0.5) is 0 Å². The van der Waals surface area contributed by atoms with Gasteiger partial charge in [-0.15, -0.1) is 0 Å². The summed E-state index contributed by atoms with van der Waals surface area (Å²) in [6.07, 6.45) is 11.4. The highest BCUT2D eigenvalue weighted by molar-refractivity contribution is 5.50. The third kappa shape index (κ3) is 4.76. The molecule has 0 aromatic heterocycles. The first-order valence-electron chi connectivity index (χ1n) is 4.84. The average Bonchev–Trinajstić information content (AvgIpc) is 2.47. The van der Waals surface area contributed by atoms with Crippen LogP contribution in [0.15, 0.2) is 17.4 Å². The van der Waals surface area contributed by atoms with Crippen molar-refractivity contribution in [3.63, 3.8) is 0 Å². The van der Waals surface area contributed by atoms with Gasteiger partial charge < -0.3 is 24.0 Å². The molecule has 1 unspecified atom stereocenters. The molecule has 3 heteroatoms. The standard InChI is InChI=1S/C10H19N2.HI/c1-3-4-5-6-8-12(2)9-7-11-10-12;/h7,9-10H,3-6,8H2,1-2H3;1H/q+1;/p-1. The number of rotatable bonds is 5. The fourth-order valence-electron chi connectivity index (χ4n) is 1.43. The van der Waals surface area contributed by atoms with E-state index in [0.717, 1.165) is 4.48 Å². The molecular weight excluding hydrogens is 275 g/mol. The largest absolute Gasteiger partial charge is 1.00 e. The van der Waals surface area contributed by atoms with Crippen molar-refractivity contribution in [1.29, 1.82) is 0 Å². The highest BCUT2D eigenvalue weighted by Gasteiger charge is 2.17. The molecule has 0 aromatic carbocycles. The van der Waals surface area contributed by atoms with E-state index in [-0.39, 0.29) is 24.0 Å². The van der Waals surface area contributed by atoms with Crippen molar-refractivity contribution in [2.24, 2.45) is 4.99 Å². The van der Waals surface area contributed by atoms with Crippen LogP contribution < -0.4 is 24.0 Å². The first-order chi connectivity index (χ1) is 5.77. The van der Waals surface area contributed by atoms with Crippen molar-refractivity contribution in [2.45, 2.75) is 32.6 Å². The van der Waals surface area contributed by atoms with E-state index in [1.54, 1.807) is 0 Å². The molecule has 0 bridgehead atoms. The summed E-state index contributed by atoms with van der Waals surface area (Å²) < 4.78 is 0.893. The molecule has 0 aromatic rings. The Morgan fingerprint density at radius 3 is 2.54 bits per heavy atom. The molecule has 0 amide bonds. The molecule has 0 N–H and O–H groups in total. The number of quaternary nitrogens is 1. The maximum Gasteiger partial charge on any atom is 0.194 e. The second-order valence-electron chi connectivity index (χ2n) is 3.69. The Kier molecular flexibility index (Phi) is 6.59. The van der Waals surface area contributed by atoms with Gasteiger partial charge in [0.1, 0.15) is 6.20 Å². The summed E-state index contributed by atoms with van der Waals surface area (Å²) in [4.78, 5) is 4.10. The van der Waals surface area contributed by atoms with Crippen LogP contribution in [0.3, 0.4) is 0 Å². The predicted octanol–water partition coefficient (Wildman–Crippen LogP) is -0.470. The molecule has 1 atom stereocenters. The number of halogens is 1. The van der Waals surface area contributed by atoms with Gasteiger partial charge in [0.05, 0.1) is 19.8 Å². The molecule has 13 heavy (non-hydrogen) atoms. The normalized spacial score (nSPS) is 24.8. The summed E-state index contributed by atoms with van der Waals surface area (Å²) in [7, 11) is 2.19. The molecule has 1 aliphatic rings. The van der Waals surface area contributed by atoms with Gasteiger partial charge in [-0.25, -0.2) is 4.99 Å². The van der Waals surface area contributed by atoms with Crippen LogP contribution in [0.5, 0.6) is 0 Å². The van der Waals surface area contributed by atoms with E-state index >= 15 is 0 Å². The van der Waals surface area contributed by atoms with Crippen molar-refractivity contribution in [2.75, 3.05) is 13.6 Å². The molecule has 76 valence electrons. The molecule has 0 saturated heterocycles. The molecule has 0 radical (unpaired) electrons. The van der Waals surface area contributed by atoms with E-state index in [4.69, 9.17) is 0 Å². The molecule has 1 rings (SSSR count). The molecule has 0 spiro atoms. The first-order valence-corrected chi connectivity index (χ1v) is 4.84. The van der Waals surface area contributed by atoms with E-state index < -0.39 is 0 Å². The van der Waals surface area contributed by atoms with E-state index in [0.29, 0.717) is 0 Å². The second kappa shape index (κ2) is 6.54. The highest BCUT2D eigenvalue weighted by Crippen LogP contribution is 2.10. The Morgan fingerprint density at radius 2 is 2.00 bits per heavy atom. The zero-order chi connectivity index (χ0) is 8.86. The van der Waals surface area contributed by atoms with Gasteiger partial charge in [0.25, 0.3) is 0 Å². The lowest BCUT2D eigenvalue weighted by atomic mass is 10.2. The van der Waals surface area contributed by atoms with Gasteiger partial charge in [0, 0.05) is 0 Å². The minimum atomic E-state index is 0. The van der Waals surface area contributed by atoms with Crippen molar-refractivity contribution in [3.8, 4) is 0 Å². The van der Waals surface area contributed by atoms with E-state index in [2.05, 4.69) is 25.2 Å². The Balaban J connectivity index is 0.00000144. The van der Waals surface area contributed by atoms with Crippen LogP contribution in [-0.4, -0.2) is 24.4 Å². The topological polar surface area (TPSA) is 12.4 Å². The summed E-state index contributed by atoms with van der Waals surface area (Å²) >= 11 is 0. The van der Waals surface area contributed by atoms with Gasteiger partial charge in [0.2, 0.25) is 0 Å². The van der Waals surface area contributed by atoms with Gasteiger partial charge in [-0.2, -0.15) is 0 Å². The quantitative estimate of drug-likeness (QED) is 0.369. The maximum atomic E-state index is 4.10. The van der Waals surface area contributed by atoms with Crippen molar-refractivity contribution < 1.29 is 28.5 Å². The number of aliphatic imine (C=N–C) groups is 1. The monoisotopic (exact) mass is 294 g/mol. The number of hydrogen-bond donors (Lipinski definition) is 0. The van der Waals surface area contributed by atoms with Crippen LogP contribution in [-0.2, 0) is 0 Å². The first kappa shape index (κ1) is 13.1. The summed E-state index contributed by atoms with van der Waals surface area (Å²) in [5.41, 5.74) is 0. The summed E-state index contributed by atoms with van der Waals surface area (Å²) in [5, 5.41) is 0. The predicted molar refractivity (Wildman–Crippen MR) is 52.8 cm³/mol. The molecule has 0 aliphatic carbocycles.